The lowest BCUT2D eigenvalue weighted by atomic mass is 10.1. The Morgan fingerprint density at radius 2 is 2.00 bits per heavy atom. The summed E-state index contributed by atoms with van der Waals surface area (Å²) in [5, 5.41) is 0.954. The van der Waals surface area contributed by atoms with Crippen LogP contribution in [0.5, 0.6) is 0 Å². The summed E-state index contributed by atoms with van der Waals surface area (Å²) >= 11 is 0. The van der Waals surface area contributed by atoms with E-state index < -0.39 is 21.9 Å². The fourth-order valence-corrected chi connectivity index (χ4v) is 3.39. The van der Waals surface area contributed by atoms with Crippen molar-refractivity contribution in [2.24, 2.45) is 5.92 Å². The number of amides is 1. The number of halogens is 1. The van der Waals surface area contributed by atoms with Gasteiger partial charge in [0.15, 0.2) is 0 Å². The Balaban J connectivity index is 1.87. The van der Waals surface area contributed by atoms with Crippen LogP contribution in [-0.4, -0.2) is 31.6 Å². The van der Waals surface area contributed by atoms with E-state index in [0.717, 1.165) is 10.9 Å². The van der Waals surface area contributed by atoms with Gasteiger partial charge in [0, 0.05) is 24.3 Å². The molecule has 1 saturated heterocycles. The Morgan fingerprint density at radius 3 is 2.76 bits per heavy atom. The third-order valence-electron chi connectivity index (χ3n) is 3.50. The van der Waals surface area contributed by atoms with E-state index in [4.69, 9.17) is 0 Å². The van der Waals surface area contributed by atoms with Crippen molar-refractivity contribution in [2.75, 3.05) is 17.2 Å². The maximum Gasteiger partial charge on any atom is 0.302 e. The molecule has 0 N–H and O–H groups in total. The zero-order valence-electron chi connectivity index (χ0n) is 11.1. The first-order chi connectivity index (χ1) is 9.92. The van der Waals surface area contributed by atoms with Crippen LogP contribution >= 0.6 is 0 Å². The quantitative estimate of drug-likeness (QED) is 0.812. The van der Waals surface area contributed by atoms with E-state index in [9.17, 15) is 17.1 Å². The van der Waals surface area contributed by atoms with E-state index in [1.807, 2.05) is 30.3 Å². The number of aromatic nitrogens is 1. The van der Waals surface area contributed by atoms with Crippen molar-refractivity contribution in [1.82, 2.24) is 4.98 Å². The van der Waals surface area contributed by atoms with Crippen molar-refractivity contribution in [1.29, 1.82) is 0 Å². The molecule has 0 aliphatic carbocycles. The number of carbonyl (C=O) groups is 1. The van der Waals surface area contributed by atoms with E-state index >= 15 is 0 Å². The van der Waals surface area contributed by atoms with Gasteiger partial charge in [0.25, 0.3) is 0 Å². The minimum Gasteiger partial charge on any atom is -0.296 e. The highest BCUT2D eigenvalue weighted by Gasteiger charge is 2.34. The summed E-state index contributed by atoms with van der Waals surface area (Å²) in [6.45, 7) is 0.174. The van der Waals surface area contributed by atoms with E-state index in [2.05, 4.69) is 4.98 Å². The highest BCUT2D eigenvalue weighted by atomic mass is 32.3. The number of para-hydroxylation sites is 1. The predicted molar refractivity (Wildman–Crippen MR) is 77.1 cm³/mol. The molecule has 7 heteroatoms. The molecular formula is C14H13FN2O3S. The Kier molecular flexibility index (Phi) is 3.36. The molecule has 1 aromatic carbocycles. The summed E-state index contributed by atoms with van der Waals surface area (Å²) in [6, 6.07) is 11.1. The van der Waals surface area contributed by atoms with E-state index in [1.165, 1.54) is 4.90 Å². The number of pyridine rings is 1. The van der Waals surface area contributed by atoms with Crippen molar-refractivity contribution in [3.05, 3.63) is 36.4 Å². The molecule has 1 fully saturated rings. The van der Waals surface area contributed by atoms with Crippen LogP contribution < -0.4 is 4.90 Å². The van der Waals surface area contributed by atoms with E-state index in [0.29, 0.717) is 5.82 Å². The summed E-state index contributed by atoms with van der Waals surface area (Å²) < 4.78 is 34.1. The van der Waals surface area contributed by atoms with Crippen LogP contribution in [0, 0.1) is 5.92 Å². The van der Waals surface area contributed by atoms with Crippen molar-refractivity contribution < 1.29 is 17.1 Å². The monoisotopic (exact) mass is 308 g/mol. The largest absolute Gasteiger partial charge is 0.302 e. The Labute approximate surface area is 121 Å². The molecule has 0 radical (unpaired) electrons. The molecule has 1 unspecified atom stereocenters. The molecule has 1 aromatic heterocycles. The SMILES string of the molecule is O=C1CC(CS(=O)(=O)F)CN1c1ccc2ccccc2n1. The maximum atomic E-state index is 12.7. The summed E-state index contributed by atoms with van der Waals surface area (Å²) in [7, 11) is -4.57. The third-order valence-corrected chi connectivity index (χ3v) is 4.37. The van der Waals surface area contributed by atoms with Crippen molar-refractivity contribution in [3.63, 3.8) is 0 Å². The van der Waals surface area contributed by atoms with Crippen molar-refractivity contribution in [2.45, 2.75) is 6.42 Å². The zero-order valence-corrected chi connectivity index (χ0v) is 11.9. The van der Waals surface area contributed by atoms with Crippen LogP contribution in [0.1, 0.15) is 6.42 Å². The Morgan fingerprint density at radius 1 is 1.24 bits per heavy atom. The lowest BCUT2D eigenvalue weighted by Crippen LogP contribution is -2.26. The molecule has 1 amide bonds. The van der Waals surface area contributed by atoms with Crippen LogP contribution in [-0.2, 0) is 15.0 Å². The highest BCUT2D eigenvalue weighted by Crippen LogP contribution is 2.26. The molecule has 3 rings (SSSR count). The van der Waals surface area contributed by atoms with Gasteiger partial charge in [-0.05, 0) is 18.2 Å². The number of nitrogens with zero attached hydrogens (tertiary/aromatic N) is 2. The zero-order chi connectivity index (χ0) is 15.0. The second-order valence-electron chi connectivity index (χ2n) is 5.14. The summed E-state index contributed by atoms with van der Waals surface area (Å²) in [4.78, 5) is 17.8. The average molecular weight is 308 g/mol. The number of benzene rings is 1. The first kappa shape index (κ1) is 13.9. The normalized spacial score (nSPS) is 19.4. The second-order valence-corrected chi connectivity index (χ2v) is 6.55. The topological polar surface area (TPSA) is 67.3 Å². The lowest BCUT2D eigenvalue weighted by molar-refractivity contribution is -0.117. The fraction of sp³-hybridized carbons (Fsp3) is 0.286. The number of anilines is 1. The van der Waals surface area contributed by atoms with Gasteiger partial charge < -0.3 is 0 Å². The summed E-state index contributed by atoms with van der Waals surface area (Å²) in [6.07, 6.45) is 0.0255. The first-order valence-electron chi connectivity index (χ1n) is 6.51. The molecule has 0 bridgehead atoms. The summed E-state index contributed by atoms with van der Waals surface area (Å²) in [5.41, 5.74) is 0.754. The highest BCUT2D eigenvalue weighted by molar-refractivity contribution is 7.86. The molecular weight excluding hydrogens is 295 g/mol. The first-order valence-corrected chi connectivity index (χ1v) is 8.06. The average Bonchev–Trinajstić information content (AvgIpc) is 2.76. The van der Waals surface area contributed by atoms with Gasteiger partial charge in [0.1, 0.15) is 5.82 Å². The molecule has 1 aliphatic heterocycles. The molecule has 110 valence electrons. The van der Waals surface area contributed by atoms with Gasteiger partial charge in [0.2, 0.25) is 5.91 Å². The molecule has 0 saturated carbocycles. The fourth-order valence-electron chi connectivity index (χ4n) is 2.60. The van der Waals surface area contributed by atoms with Crippen LogP contribution in [0.3, 0.4) is 0 Å². The Bertz CT molecular complexity index is 807. The smallest absolute Gasteiger partial charge is 0.296 e. The number of rotatable bonds is 3. The molecule has 5 nitrogen and oxygen atoms in total. The van der Waals surface area contributed by atoms with Crippen LogP contribution in [0.2, 0.25) is 0 Å². The van der Waals surface area contributed by atoms with Crippen LogP contribution in [0.4, 0.5) is 9.70 Å². The number of carbonyl (C=O) groups excluding carboxylic acids is 1. The van der Waals surface area contributed by atoms with Crippen molar-refractivity contribution in [3.8, 4) is 0 Å². The van der Waals surface area contributed by atoms with Gasteiger partial charge in [-0.3, -0.25) is 9.69 Å². The van der Waals surface area contributed by atoms with Gasteiger partial charge in [-0.2, -0.15) is 8.42 Å². The number of fused-ring (bicyclic) bond motifs is 1. The standard InChI is InChI=1S/C14H13FN2O3S/c15-21(19,20)9-10-7-14(18)17(8-10)13-6-5-11-3-1-2-4-12(11)16-13/h1-6,10H,7-9H2. The van der Waals surface area contributed by atoms with Crippen LogP contribution in [0.25, 0.3) is 10.9 Å². The van der Waals surface area contributed by atoms with E-state index in [-0.39, 0.29) is 18.9 Å². The molecule has 2 heterocycles. The van der Waals surface area contributed by atoms with Gasteiger partial charge in [-0.1, -0.05) is 18.2 Å². The van der Waals surface area contributed by atoms with Gasteiger partial charge in [0.05, 0.1) is 11.3 Å². The molecule has 21 heavy (non-hydrogen) atoms. The number of hydrogen-bond acceptors (Lipinski definition) is 4. The van der Waals surface area contributed by atoms with Crippen molar-refractivity contribution >= 4 is 32.9 Å². The number of hydrogen-bond donors (Lipinski definition) is 0. The second kappa shape index (κ2) is 5.07. The Hall–Kier alpha value is -2.02. The summed E-state index contributed by atoms with van der Waals surface area (Å²) in [5.74, 6) is -0.910. The van der Waals surface area contributed by atoms with Crippen LogP contribution in [0.15, 0.2) is 36.4 Å². The third kappa shape index (κ3) is 3.02. The maximum absolute atomic E-state index is 12.7. The molecule has 1 atom stereocenters. The minimum absolute atomic E-state index is 0.0255. The van der Waals surface area contributed by atoms with E-state index in [1.54, 1.807) is 6.07 Å². The molecule has 0 spiro atoms. The molecule has 1 aliphatic rings. The molecule has 2 aromatic rings. The lowest BCUT2D eigenvalue weighted by Gasteiger charge is -2.15. The predicted octanol–water partition coefficient (Wildman–Crippen LogP) is 1.89. The van der Waals surface area contributed by atoms with Gasteiger partial charge >= 0.3 is 10.2 Å². The van der Waals surface area contributed by atoms with Gasteiger partial charge in [-0.25, -0.2) is 4.98 Å². The van der Waals surface area contributed by atoms with Gasteiger partial charge in [-0.15, -0.1) is 3.89 Å². The minimum atomic E-state index is -4.57.